The van der Waals surface area contributed by atoms with Crippen molar-refractivity contribution in [3.8, 4) is 0 Å². The number of benzene rings is 1. The summed E-state index contributed by atoms with van der Waals surface area (Å²) in [5, 5.41) is 0. The fraction of sp³-hybridized carbons (Fsp3) is 0.400. The Bertz CT molecular complexity index is 740. The van der Waals surface area contributed by atoms with Gasteiger partial charge in [-0.1, -0.05) is 30.3 Å². The lowest BCUT2D eigenvalue weighted by Crippen LogP contribution is -2.60. The monoisotopic (exact) mass is 353 g/mol. The lowest BCUT2D eigenvalue weighted by Gasteiger charge is -2.43. The van der Waals surface area contributed by atoms with Gasteiger partial charge in [0.05, 0.1) is 31.6 Å². The third-order valence-electron chi connectivity index (χ3n) is 4.88. The first-order valence-corrected chi connectivity index (χ1v) is 8.93. The number of anilines is 1. The summed E-state index contributed by atoms with van der Waals surface area (Å²) in [6, 6.07) is 14.1. The lowest BCUT2D eigenvalue weighted by atomic mass is 10.0. The fourth-order valence-corrected chi connectivity index (χ4v) is 3.61. The van der Waals surface area contributed by atoms with Crippen molar-refractivity contribution in [3.63, 3.8) is 0 Å². The molecule has 2 aromatic rings. The molecular formula is C20H23N3O3. The van der Waals surface area contributed by atoms with Gasteiger partial charge in [0.1, 0.15) is 12.2 Å². The molecule has 2 aliphatic rings. The molecule has 2 saturated heterocycles. The number of rotatable bonds is 3. The topological polar surface area (TPSA) is 54.9 Å². The van der Waals surface area contributed by atoms with Gasteiger partial charge in [0.15, 0.2) is 0 Å². The molecule has 6 heteroatoms. The van der Waals surface area contributed by atoms with Crippen LogP contribution in [0, 0.1) is 0 Å². The van der Waals surface area contributed by atoms with Gasteiger partial charge < -0.3 is 14.4 Å². The number of pyridine rings is 1. The zero-order valence-corrected chi connectivity index (χ0v) is 14.7. The molecular weight excluding hydrogens is 330 g/mol. The summed E-state index contributed by atoms with van der Waals surface area (Å²) < 4.78 is 11.9. The van der Waals surface area contributed by atoms with E-state index < -0.39 is 5.60 Å². The van der Waals surface area contributed by atoms with E-state index in [1.54, 1.807) is 17.3 Å². The summed E-state index contributed by atoms with van der Waals surface area (Å²) in [5.74, 6) is -0.0394. The molecule has 3 heterocycles. The average molecular weight is 353 g/mol. The van der Waals surface area contributed by atoms with E-state index in [4.69, 9.17) is 9.47 Å². The summed E-state index contributed by atoms with van der Waals surface area (Å²) in [6.07, 6.45) is 3.43. The molecule has 1 spiro atoms. The highest BCUT2D eigenvalue weighted by Crippen LogP contribution is 2.27. The number of carbonyl (C=O) groups excluding carboxylic acids is 1. The number of aromatic nitrogens is 1. The van der Waals surface area contributed by atoms with E-state index >= 15 is 0 Å². The zero-order chi connectivity index (χ0) is 17.8. The summed E-state index contributed by atoms with van der Waals surface area (Å²) in [7, 11) is 0. The SMILES string of the molecule is O=C1CO[C@@]2(COCCN(Cc3ccccc3)C2)CN1c1cccnc1. The highest BCUT2D eigenvalue weighted by molar-refractivity contribution is 5.95. The molecule has 0 radical (unpaired) electrons. The standard InChI is InChI=1S/C20H23N3O3/c24-19-13-26-20(15-23(19)18-7-4-8-21-11-18)14-22(9-10-25-16-20)12-17-5-2-1-3-6-17/h1-8,11H,9-10,12-16H2/t20-/m1/s1. The molecule has 1 atom stereocenters. The van der Waals surface area contributed by atoms with Crippen LogP contribution in [0.1, 0.15) is 5.56 Å². The van der Waals surface area contributed by atoms with E-state index in [1.807, 2.05) is 18.2 Å². The lowest BCUT2D eigenvalue weighted by molar-refractivity contribution is -0.146. The Labute approximate surface area is 153 Å². The molecule has 136 valence electrons. The van der Waals surface area contributed by atoms with Crippen LogP contribution in [0.4, 0.5) is 5.69 Å². The van der Waals surface area contributed by atoms with Crippen LogP contribution in [0.3, 0.4) is 0 Å². The van der Waals surface area contributed by atoms with E-state index in [0.717, 1.165) is 25.3 Å². The van der Waals surface area contributed by atoms with Gasteiger partial charge in [-0.15, -0.1) is 0 Å². The second-order valence-electron chi connectivity index (χ2n) is 6.91. The molecule has 6 nitrogen and oxygen atoms in total. The molecule has 0 N–H and O–H groups in total. The third-order valence-corrected chi connectivity index (χ3v) is 4.88. The number of morpholine rings is 1. The largest absolute Gasteiger partial charge is 0.377 e. The Kier molecular flexibility index (Phi) is 4.97. The molecule has 0 saturated carbocycles. The first-order chi connectivity index (χ1) is 12.7. The van der Waals surface area contributed by atoms with Crippen molar-refractivity contribution in [2.75, 3.05) is 44.4 Å². The van der Waals surface area contributed by atoms with Crippen LogP contribution in [-0.4, -0.2) is 60.8 Å². The molecule has 1 aromatic carbocycles. The number of amides is 1. The predicted molar refractivity (Wildman–Crippen MR) is 97.8 cm³/mol. The molecule has 2 fully saturated rings. The van der Waals surface area contributed by atoms with Crippen LogP contribution in [0.2, 0.25) is 0 Å². The van der Waals surface area contributed by atoms with Crippen molar-refractivity contribution in [2.45, 2.75) is 12.1 Å². The number of carbonyl (C=O) groups is 1. The minimum atomic E-state index is -0.519. The molecule has 26 heavy (non-hydrogen) atoms. The zero-order valence-electron chi connectivity index (χ0n) is 14.7. The minimum absolute atomic E-state index is 0.0394. The van der Waals surface area contributed by atoms with Crippen molar-refractivity contribution < 1.29 is 14.3 Å². The summed E-state index contributed by atoms with van der Waals surface area (Å²) in [6.45, 7) is 4.12. The highest BCUT2D eigenvalue weighted by Gasteiger charge is 2.43. The average Bonchev–Trinajstić information content (AvgIpc) is 2.88. The van der Waals surface area contributed by atoms with Crippen LogP contribution in [0.25, 0.3) is 0 Å². The second kappa shape index (κ2) is 7.53. The van der Waals surface area contributed by atoms with Crippen molar-refractivity contribution >= 4 is 11.6 Å². The molecule has 1 aromatic heterocycles. The smallest absolute Gasteiger partial charge is 0.253 e. The van der Waals surface area contributed by atoms with Gasteiger partial charge >= 0.3 is 0 Å². The summed E-state index contributed by atoms with van der Waals surface area (Å²) in [5.41, 5.74) is 1.55. The van der Waals surface area contributed by atoms with Gasteiger partial charge in [-0.3, -0.25) is 14.7 Å². The molecule has 1 amide bonds. The number of nitrogens with zero attached hydrogens (tertiary/aromatic N) is 3. The van der Waals surface area contributed by atoms with Crippen LogP contribution in [0.5, 0.6) is 0 Å². The Morgan fingerprint density at radius 1 is 1.12 bits per heavy atom. The molecule has 0 unspecified atom stereocenters. The van der Waals surface area contributed by atoms with E-state index in [9.17, 15) is 4.79 Å². The van der Waals surface area contributed by atoms with Crippen LogP contribution < -0.4 is 4.90 Å². The van der Waals surface area contributed by atoms with Crippen molar-refractivity contribution in [1.29, 1.82) is 0 Å². The van der Waals surface area contributed by atoms with E-state index in [2.05, 4.69) is 34.1 Å². The minimum Gasteiger partial charge on any atom is -0.377 e. The Hall–Kier alpha value is -2.28. The van der Waals surface area contributed by atoms with Crippen LogP contribution in [0.15, 0.2) is 54.9 Å². The number of hydrogen-bond donors (Lipinski definition) is 0. The van der Waals surface area contributed by atoms with E-state index in [-0.39, 0.29) is 12.5 Å². The van der Waals surface area contributed by atoms with Crippen molar-refractivity contribution in [2.24, 2.45) is 0 Å². The number of ether oxygens (including phenoxy) is 2. The quantitative estimate of drug-likeness (QED) is 0.841. The Morgan fingerprint density at radius 3 is 2.81 bits per heavy atom. The van der Waals surface area contributed by atoms with Gasteiger partial charge in [-0.25, -0.2) is 0 Å². The maximum absolute atomic E-state index is 12.4. The van der Waals surface area contributed by atoms with Gasteiger partial charge in [-0.2, -0.15) is 0 Å². The van der Waals surface area contributed by atoms with Gasteiger partial charge in [-0.05, 0) is 17.7 Å². The van der Waals surface area contributed by atoms with Gasteiger partial charge in [0.2, 0.25) is 0 Å². The summed E-state index contributed by atoms with van der Waals surface area (Å²) >= 11 is 0. The van der Waals surface area contributed by atoms with Gasteiger partial charge in [0, 0.05) is 25.8 Å². The van der Waals surface area contributed by atoms with Gasteiger partial charge in [0.25, 0.3) is 5.91 Å². The van der Waals surface area contributed by atoms with Crippen LogP contribution in [-0.2, 0) is 20.8 Å². The fourth-order valence-electron chi connectivity index (χ4n) is 3.61. The molecule has 0 aliphatic carbocycles. The normalized spacial score (nSPS) is 24.6. The molecule has 0 bridgehead atoms. The number of hydrogen-bond acceptors (Lipinski definition) is 5. The van der Waals surface area contributed by atoms with Crippen molar-refractivity contribution in [1.82, 2.24) is 9.88 Å². The Balaban J connectivity index is 1.53. The Morgan fingerprint density at radius 2 is 2.00 bits per heavy atom. The van der Waals surface area contributed by atoms with Crippen LogP contribution >= 0.6 is 0 Å². The maximum atomic E-state index is 12.4. The van der Waals surface area contributed by atoms with E-state index in [0.29, 0.717) is 19.8 Å². The first-order valence-electron chi connectivity index (χ1n) is 8.93. The predicted octanol–water partition coefficient (Wildman–Crippen LogP) is 1.72. The van der Waals surface area contributed by atoms with E-state index in [1.165, 1.54) is 5.56 Å². The molecule has 2 aliphatic heterocycles. The maximum Gasteiger partial charge on any atom is 0.253 e. The third kappa shape index (κ3) is 3.77. The highest BCUT2D eigenvalue weighted by atomic mass is 16.6. The first kappa shape index (κ1) is 17.1. The summed E-state index contributed by atoms with van der Waals surface area (Å²) in [4.78, 5) is 20.7. The van der Waals surface area contributed by atoms with Crippen molar-refractivity contribution in [3.05, 3.63) is 60.4 Å². The second-order valence-corrected chi connectivity index (χ2v) is 6.91. The molecule has 4 rings (SSSR count).